The number of anilines is 1. The first kappa shape index (κ1) is 12.9. The average Bonchev–Trinajstić information content (AvgIpc) is 2.86. The van der Waals surface area contributed by atoms with Crippen molar-refractivity contribution in [2.24, 2.45) is 0 Å². The Bertz CT molecular complexity index is 573. The first-order valence-corrected chi connectivity index (χ1v) is 5.10. The summed E-state index contributed by atoms with van der Waals surface area (Å²) in [5.41, 5.74) is 0.109. The second-order valence-corrected chi connectivity index (χ2v) is 3.42. The van der Waals surface area contributed by atoms with E-state index in [4.69, 9.17) is 0 Å². The second kappa shape index (κ2) is 5.42. The van der Waals surface area contributed by atoms with Crippen LogP contribution in [0.4, 0.5) is 23.7 Å². The highest BCUT2D eigenvalue weighted by atomic mass is 19.3. The van der Waals surface area contributed by atoms with Gasteiger partial charge in [-0.25, -0.2) is 14.2 Å². The predicted molar refractivity (Wildman–Crippen MR) is 59.7 cm³/mol. The number of nitrogens with one attached hydrogen (secondary N) is 1. The lowest BCUT2D eigenvalue weighted by Gasteiger charge is -2.08. The molecule has 0 unspecified atom stereocenters. The number of carbonyl (C=O) groups excluding carboxylic acids is 1. The van der Waals surface area contributed by atoms with Crippen LogP contribution in [0.3, 0.4) is 0 Å². The van der Waals surface area contributed by atoms with Gasteiger partial charge in [-0.05, 0) is 12.1 Å². The summed E-state index contributed by atoms with van der Waals surface area (Å²) in [4.78, 5) is 15.3. The van der Waals surface area contributed by atoms with Crippen LogP contribution < -0.4 is 10.1 Å². The van der Waals surface area contributed by atoms with E-state index in [-0.39, 0.29) is 5.69 Å². The van der Waals surface area contributed by atoms with Crippen LogP contribution in [-0.2, 0) is 0 Å². The highest BCUT2D eigenvalue weighted by Crippen LogP contribution is 2.22. The maximum atomic E-state index is 13.4. The van der Waals surface area contributed by atoms with E-state index in [2.05, 4.69) is 15.0 Å². The Morgan fingerprint density at radius 3 is 2.79 bits per heavy atom. The standard InChI is InChI=1S/C11H8F3N3O2/c12-8-5-7(1-2-9(8)19-10(13)14)16-11(18)17-4-3-15-6-17/h1-6,10H,(H,16,18). The fourth-order valence-corrected chi connectivity index (χ4v) is 1.34. The number of alkyl halides is 2. The Labute approximate surface area is 105 Å². The third kappa shape index (κ3) is 3.24. The van der Waals surface area contributed by atoms with Crippen LogP contribution in [0.2, 0.25) is 0 Å². The minimum atomic E-state index is -3.11. The van der Waals surface area contributed by atoms with E-state index in [1.165, 1.54) is 24.8 Å². The molecule has 0 atom stereocenters. The lowest BCUT2D eigenvalue weighted by atomic mass is 10.3. The Kier molecular flexibility index (Phi) is 3.69. The molecule has 1 aromatic carbocycles. The molecule has 0 saturated carbocycles. The molecular formula is C11H8F3N3O2. The molecule has 0 bridgehead atoms. The van der Waals surface area contributed by atoms with Crippen molar-refractivity contribution in [3.8, 4) is 5.75 Å². The van der Waals surface area contributed by atoms with Gasteiger partial charge in [0.05, 0.1) is 0 Å². The molecule has 0 aliphatic carbocycles. The average molecular weight is 271 g/mol. The Morgan fingerprint density at radius 1 is 1.42 bits per heavy atom. The monoisotopic (exact) mass is 271 g/mol. The smallest absolute Gasteiger partial charge is 0.387 e. The largest absolute Gasteiger partial charge is 0.432 e. The fourth-order valence-electron chi connectivity index (χ4n) is 1.34. The number of hydrogen-bond acceptors (Lipinski definition) is 3. The summed E-state index contributed by atoms with van der Waals surface area (Å²) in [6.45, 7) is -3.11. The molecule has 0 aliphatic heterocycles. The van der Waals surface area contributed by atoms with Gasteiger partial charge in [0.15, 0.2) is 11.6 Å². The van der Waals surface area contributed by atoms with Gasteiger partial charge in [0.2, 0.25) is 0 Å². The SMILES string of the molecule is O=C(Nc1ccc(OC(F)F)c(F)c1)n1ccnc1. The van der Waals surface area contributed by atoms with Gasteiger partial charge < -0.3 is 10.1 Å². The molecule has 0 spiro atoms. The Morgan fingerprint density at radius 2 is 2.21 bits per heavy atom. The second-order valence-electron chi connectivity index (χ2n) is 3.42. The van der Waals surface area contributed by atoms with E-state index >= 15 is 0 Å². The molecular weight excluding hydrogens is 263 g/mol. The summed E-state index contributed by atoms with van der Waals surface area (Å²) in [6.07, 6.45) is 4.07. The molecule has 5 nitrogen and oxygen atoms in total. The third-order valence-corrected chi connectivity index (χ3v) is 2.14. The van der Waals surface area contributed by atoms with Crippen LogP contribution in [0.5, 0.6) is 5.75 Å². The highest BCUT2D eigenvalue weighted by molar-refractivity contribution is 5.90. The maximum absolute atomic E-state index is 13.4. The maximum Gasteiger partial charge on any atom is 0.387 e. The number of carbonyl (C=O) groups is 1. The van der Waals surface area contributed by atoms with Gasteiger partial charge in [-0.2, -0.15) is 8.78 Å². The summed E-state index contributed by atoms with van der Waals surface area (Å²) < 4.78 is 42.3. The molecule has 1 amide bonds. The van der Waals surface area contributed by atoms with E-state index in [9.17, 15) is 18.0 Å². The molecule has 0 radical (unpaired) electrons. The highest BCUT2D eigenvalue weighted by Gasteiger charge is 2.11. The van der Waals surface area contributed by atoms with Crippen molar-refractivity contribution in [3.05, 3.63) is 42.7 Å². The molecule has 8 heteroatoms. The number of hydrogen-bond donors (Lipinski definition) is 1. The van der Waals surface area contributed by atoms with Crippen molar-refractivity contribution in [2.45, 2.75) is 6.61 Å². The van der Waals surface area contributed by atoms with Crippen molar-refractivity contribution in [1.29, 1.82) is 0 Å². The zero-order valence-electron chi connectivity index (χ0n) is 9.39. The number of halogens is 3. The summed E-state index contributed by atoms with van der Waals surface area (Å²) >= 11 is 0. The molecule has 1 heterocycles. The zero-order chi connectivity index (χ0) is 13.8. The van der Waals surface area contributed by atoms with Gasteiger partial charge in [0.1, 0.15) is 6.33 Å². The van der Waals surface area contributed by atoms with Crippen LogP contribution in [0.1, 0.15) is 0 Å². The van der Waals surface area contributed by atoms with E-state index < -0.39 is 24.2 Å². The van der Waals surface area contributed by atoms with Crippen LogP contribution in [0.15, 0.2) is 36.9 Å². The van der Waals surface area contributed by atoms with Gasteiger partial charge in [-0.3, -0.25) is 4.57 Å². The summed E-state index contributed by atoms with van der Waals surface area (Å²) in [5, 5.41) is 2.37. The summed E-state index contributed by atoms with van der Waals surface area (Å²) in [5.74, 6) is -1.58. The molecule has 2 rings (SSSR count). The molecule has 0 fully saturated rings. The summed E-state index contributed by atoms with van der Waals surface area (Å²) in [6, 6.07) is 2.58. The van der Waals surface area contributed by atoms with E-state index in [0.29, 0.717) is 0 Å². The van der Waals surface area contributed by atoms with E-state index in [1.807, 2.05) is 0 Å². The number of rotatable bonds is 3. The normalized spacial score (nSPS) is 10.5. The predicted octanol–water partition coefficient (Wildman–Crippen LogP) is 2.70. The van der Waals surface area contributed by atoms with E-state index in [0.717, 1.165) is 16.7 Å². The molecule has 1 aromatic heterocycles. The third-order valence-electron chi connectivity index (χ3n) is 2.14. The molecule has 2 aromatic rings. The van der Waals surface area contributed by atoms with Gasteiger partial charge in [0.25, 0.3) is 0 Å². The van der Waals surface area contributed by atoms with Crippen LogP contribution in [0.25, 0.3) is 0 Å². The van der Waals surface area contributed by atoms with Crippen molar-refractivity contribution in [3.63, 3.8) is 0 Å². The molecule has 0 aliphatic rings. The summed E-state index contributed by atoms with van der Waals surface area (Å²) in [7, 11) is 0. The van der Waals surface area contributed by atoms with Gasteiger partial charge in [-0.1, -0.05) is 0 Å². The fraction of sp³-hybridized carbons (Fsp3) is 0.0909. The van der Waals surface area contributed by atoms with Crippen molar-refractivity contribution < 1.29 is 22.7 Å². The number of imidazole rings is 1. The van der Waals surface area contributed by atoms with Crippen LogP contribution in [-0.4, -0.2) is 22.2 Å². The van der Waals surface area contributed by atoms with E-state index in [1.54, 1.807) is 0 Å². The van der Waals surface area contributed by atoms with Crippen LogP contribution >= 0.6 is 0 Å². The number of ether oxygens (including phenoxy) is 1. The quantitative estimate of drug-likeness (QED) is 0.933. The Balaban J connectivity index is 2.10. The van der Waals surface area contributed by atoms with Crippen molar-refractivity contribution in [1.82, 2.24) is 9.55 Å². The Hall–Kier alpha value is -2.51. The van der Waals surface area contributed by atoms with Gasteiger partial charge >= 0.3 is 12.6 Å². The van der Waals surface area contributed by atoms with Gasteiger partial charge in [0, 0.05) is 24.1 Å². The molecule has 100 valence electrons. The van der Waals surface area contributed by atoms with Crippen molar-refractivity contribution >= 4 is 11.7 Å². The molecule has 19 heavy (non-hydrogen) atoms. The minimum absolute atomic E-state index is 0.109. The number of amides is 1. The van der Waals surface area contributed by atoms with Crippen molar-refractivity contribution in [2.75, 3.05) is 5.32 Å². The zero-order valence-corrected chi connectivity index (χ0v) is 9.39. The number of nitrogens with zero attached hydrogens (tertiary/aromatic N) is 2. The lowest BCUT2D eigenvalue weighted by Crippen LogP contribution is -2.17. The molecule has 1 N–H and O–H groups in total. The minimum Gasteiger partial charge on any atom is -0.432 e. The lowest BCUT2D eigenvalue weighted by molar-refractivity contribution is -0.0521. The topological polar surface area (TPSA) is 56.1 Å². The van der Waals surface area contributed by atoms with Crippen LogP contribution in [0, 0.1) is 5.82 Å². The van der Waals surface area contributed by atoms with Gasteiger partial charge in [-0.15, -0.1) is 0 Å². The number of benzene rings is 1. The number of aromatic nitrogens is 2. The first-order chi connectivity index (χ1) is 9.06. The molecule has 0 saturated heterocycles. The first-order valence-electron chi connectivity index (χ1n) is 5.10.